The summed E-state index contributed by atoms with van der Waals surface area (Å²) >= 11 is 0. The lowest BCUT2D eigenvalue weighted by Gasteiger charge is -1.76. The van der Waals surface area contributed by atoms with Crippen molar-refractivity contribution in [3.05, 3.63) is 0 Å². The quantitative estimate of drug-likeness (QED) is 0.285. The average molecular weight is 71.1 g/mol. The molecule has 5 heavy (non-hydrogen) atoms. The lowest BCUT2D eigenvalue weighted by molar-refractivity contribution is 0.136. The number of nitrogens with one attached hydrogen (secondary N) is 1. The van der Waals surface area contributed by atoms with Crippen molar-refractivity contribution in [1.29, 1.82) is 0 Å². The fourth-order valence-corrected chi connectivity index (χ4v) is 0.255. The molecule has 0 aromatic carbocycles. The van der Waals surface area contributed by atoms with Crippen molar-refractivity contribution in [1.82, 2.24) is 5.32 Å². The molecule has 1 heterocycles. The third kappa shape index (κ3) is 0.375. The van der Waals surface area contributed by atoms with Gasteiger partial charge in [-0.25, -0.2) is 0 Å². The molecule has 2 nitrogen and oxygen atoms in total. The van der Waals surface area contributed by atoms with E-state index in [2.05, 4.69) is 16.2 Å². The summed E-state index contributed by atoms with van der Waals surface area (Å²) in [6, 6.07) is 0. The Balaban J connectivity index is 2.32. The number of hydrogen-bond acceptors (Lipinski definition) is 1. The zero-order valence-corrected chi connectivity index (χ0v) is 2.82. The van der Waals surface area contributed by atoms with Crippen LogP contribution in [0.5, 0.6) is 0 Å². The highest BCUT2D eigenvalue weighted by molar-refractivity contribution is 5.49. The van der Waals surface area contributed by atoms with E-state index in [0.717, 1.165) is 13.2 Å². The van der Waals surface area contributed by atoms with Gasteiger partial charge >= 0.3 is 0 Å². The van der Waals surface area contributed by atoms with Gasteiger partial charge in [-0.2, -0.15) is 0 Å². The average Bonchev–Trinajstić information content (AvgIpc) is 1.76. The Morgan fingerprint density at radius 1 is 1.80 bits per heavy atom. The molecule has 1 aliphatic rings. The van der Waals surface area contributed by atoms with Crippen LogP contribution in [0.4, 0.5) is 0 Å². The number of rotatable bonds is 0. The molecule has 2 heteroatoms. The molecule has 0 unspecified atom stereocenters. The minimum absolute atomic E-state index is 0.778. The zero-order valence-electron chi connectivity index (χ0n) is 2.82. The largest absolute Gasteiger partial charge is 0.475 e. The second-order valence-electron chi connectivity index (χ2n) is 0.877. The molecule has 1 aliphatic heterocycles. The Hall–Kier alpha value is -0.530. The molecule has 0 bridgehead atoms. The van der Waals surface area contributed by atoms with Crippen LogP contribution in [0.25, 0.3) is 0 Å². The lowest BCUT2D eigenvalue weighted by atomic mass is 10.7. The van der Waals surface area contributed by atoms with Gasteiger partial charge in [0.05, 0.1) is 13.0 Å². The van der Waals surface area contributed by atoms with Crippen LogP contribution in [0.2, 0.25) is 0 Å². The van der Waals surface area contributed by atoms with E-state index < -0.39 is 0 Å². The van der Waals surface area contributed by atoms with Gasteiger partial charge in [0.1, 0.15) is 0 Å². The second-order valence-corrected chi connectivity index (χ2v) is 0.877. The molecule has 0 aromatic rings. The molecule has 0 saturated carbocycles. The molecule has 28 valence electrons. The number of hydrogen-bond donors (Lipinski definition) is 1. The van der Waals surface area contributed by atoms with Gasteiger partial charge in [-0.15, -0.1) is 0 Å². The molecule has 0 amide bonds. The van der Waals surface area contributed by atoms with Gasteiger partial charge in [-0.1, -0.05) is 0 Å². The Bertz CT molecular complexity index is 44.9. The number of amides is 1. The highest BCUT2D eigenvalue weighted by atomic mass is 16.4. The topological polar surface area (TPSA) is 23.3 Å². The van der Waals surface area contributed by atoms with Crippen molar-refractivity contribution >= 4 is 6.41 Å². The minimum Gasteiger partial charge on any atom is -0.475 e. The Morgan fingerprint density at radius 3 is 3.00 bits per heavy atom. The van der Waals surface area contributed by atoms with E-state index in [0.29, 0.717) is 0 Å². The van der Waals surface area contributed by atoms with Crippen molar-refractivity contribution in [3.63, 3.8) is 0 Å². The van der Waals surface area contributed by atoms with Crippen LogP contribution >= 0.6 is 0 Å². The third-order valence-corrected chi connectivity index (χ3v) is 0.473. The van der Waals surface area contributed by atoms with Crippen LogP contribution < -0.4 is 5.32 Å². The molecule has 0 atom stereocenters. The summed E-state index contributed by atoms with van der Waals surface area (Å²) in [5.41, 5.74) is 0. The Labute approximate surface area is 30.5 Å². The predicted octanol–water partition coefficient (Wildman–Crippen LogP) is -0.808. The van der Waals surface area contributed by atoms with Crippen molar-refractivity contribution in [3.8, 4) is 0 Å². The maximum atomic E-state index is 4.58. The summed E-state index contributed by atoms with van der Waals surface area (Å²) in [7, 11) is 0. The van der Waals surface area contributed by atoms with Crippen molar-refractivity contribution < 1.29 is 4.42 Å². The first kappa shape index (κ1) is 2.69. The first-order chi connectivity index (χ1) is 2.50. The van der Waals surface area contributed by atoms with Crippen LogP contribution in [-0.2, 0) is 4.42 Å². The minimum atomic E-state index is 0.778. The fourth-order valence-electron chi connectivity index (χ4n) is 0.255. The summed E-state index contributed by atoms with van der Waals surface area (Å²) in [6.07, 6.45) is 2.47. The zero-order chi connectivity index (χ0) is 3.54. The first-order valence-electron chi connectivity index (χ1n) is 1.60. The molecule has 0 aromatic heterocycles. The third-order valence-electron chi connectivity index (χ3n) is 0.473. The van der Waals surface area contributed by atoms with Crippen LogP contribution in [-0.4, -0.2) is 19.6 Å². The van der Waals surface area contributed by atoms with Crippen LogP contribution in [0, 0.1) is 0 Å². The molecule has 0 fully saturated rings. The van der Waals surface area contributed by atoms with E-state index in [4.69, 9.17) is 0 Å². The summed E-state index contributed by atoms with van der Waals surface area (Å²) in [6.45, 7) is 1.69. The standard InChI is InChI=1S/C3H5NO/c1-2-5-3-4-1/h4H,1-2H2. The van der Waals surface area contributed by atoms with Crippen molar-refractivity contribution in [2.45, 2.75) is 0 Å². The van der Waals surface area contributed by atoms with E-state index in [1.54, 1.807) is 0 Å². The summed E-state index contributed by atoms with van der Waals surface area (Å²) in [5.74, 6) is 0. The normalized spacial score (nSPS) is 19.2. The Morgan fingerprint density at radius 2 is 2.80 bits per heavy atom. The number of carbonyl (C=O) groups excluding carboxylic acids is 1. The highest BCUT2D eigenvalue weighted by Gasteiger charge is 1.84. The van der Waals surface area contributed by atoms with Gasteiger partial charge < -0.3 is 9.74 Å². The second kappa shape index (κ2) is 1.06. The van der Waals surface area contributed by atoms with Crippen LogP contribution in [0.1, 0.15) is 0 Å². The van der Waals surface area contributed by atoms with E-state index in [9.17, 15) is 0 Å². The highest BCUT2D eigenvalue weighted by Crippen LogP contribution is 1.61. The first-order valence-corrected chi connectivity index (χ1v) is 1.60. The molecular formula is C3H5NO. The van der Waals surface area contributed by atoms with Gasteiger partial charge in [0.15, 0.2) is 0 Å². The summed E-state index contributed by atoms with van der Waals surface area (Å²) < 4.78 is 4.58. The Kier molecular flexibility index (Phi) is 0.571. The summed E-state index contributed by atoms with van der Waals surface area (Å²) in [5, 5.41) is 2.75. The van der Waals surface area contributed by atoms with Gasteiger partial charge in [0, 0.05) is 0 Å². The SMILES string of the molecule is [C-]1=[O+]CCN1. The molecular weight excluding hydrogens is 66.0 g/mol. The maximum Gasteiger partial charge on any atom is 0.235 e. The lowest BCUT2D eigenvalue weighted by Crippen LogP contribution is -2.04. The van der Waals surface area contributed by atoms with Crippen LogP contribution in [0.15, 0.2) is 0 Å². The van der Waals surface area contributed by atoms with Gasteiger partial charge in [0.25, 0.3) is 0 Å². The smallest absolute Gasteiger partial charge is 0.235 e. The molecule has 0 spiro atoms. The fraction of sp³-hybridized carbons (Fsp3) is 0.667. The van der Waals surface area contributed by atoms with E-state index >= 15 is 0 Å². The maximum absolute atomic E-state index is 4.58. The molecule has 0 saturated heterocycles. The van der Waals surface area contributed by atoms with Gasteiger partial charge in [0.2, 0.25) is 6.61 Å². The van der Waals surface area contributed by atoms with Gasteiger partial charge in [-0.3, -0.25) is 0 Å². The predicted molar refractivity (Wildman–Crippen MR) is 18.6 cm³/mol. The van der Waals surface area contributed by atoms with Crippen molar-refractivity contribution in [2.24, 2.45) is 0 Å². The van der Waals surface area contributed by atoms with Crippen LogP contribution in [0.3, 0.4) is 0 Å². The summed E-state index contributed by atoms with van der Waals surface area (Å²) in [4.78, 5) is 0. The molecule has 1 rings (SSSR count). The monoisotopic (exact) mass is 71.0 g/mol. The van der Waals surface area contributed by atoms with Gasteiger partial charge in [-0.05, 0) is 0 Å². The van der Waals surface area contributed by atoms with E-state index in [-0.39, 0.29) is 0 Å². The van der Waals surface area contributed by atoms with E-state index in [1.165, 1.54) is 0 Å². The molecule has 0 radical (unpaired) electrons. The van der Waals surface area contributed by atoms with E-state index in [1.807, 2.05) is 0 Å². The molecule has 1 N–H and O–H groups in total. The molecule has 0 aliphatic carbocycles. The van der Waals surface area contributed by atoms with Crippen molar-refractivity contribution in [2.75, 3.05) is 13.2 Å².